The average Bonchev–Trinajstić information content (AvgIpc) is 2.95. The number of aliphatic hydroxyl groups is 3. The summed E-state index contributed by atoms with van der Waals surface area (Å²) in [7, 11) is 3.23. The van der Waals surface area contributed by atoms with Gasteiger partial charge in [0.2, 0.25) is 5.95 Å². The first-order valence-corrected chi connectivity index (χ1v) is 6.83. The van der Waals surface area contributed by atoms with Crippen LogP contribution in [0.4, 0.5) is 17.5 Å². The number of nitrogens with two attached hydrogens (primary N) is 1. The highest BCUT2D eigenvalue weighted by Gasteiger charge is 2.48. The lowest BCUT2D eigenvalue weighted by Gasteiger charge is -2.27. The van der Waals surface area contributed by atoms with E-state index in [4.69, 9.17) is 10.5 Å². The van der Waals surface area contributed by atoms with Crippen molar-refractivity contribution in [1.29, 1.82) is 0 Å². The van der Waals surface area contributed by atoms with E-state index in [1.807, 2.05) is 0 Å². The molecule has 122 valence electrons. The number of fused-ring (bicyclic) bond motifs is 1. The van der Waals surface area contributed by atoms with Gasteiger partial charge in [-0.3, -0.25) is 9.36 Å². The molecule has 0 radical (unpaired) electrons. The molecule has 1 fully saturated rings. The summed E-state index contributed by atoms with van der Waals surface area (Å²) in [6.45, 7) is -0.176. The number of hydrogen-bond donors (Lipinski definition) is 4. The molecule has 10 heteroatoms. The first kappa shape index (κ1) is 15.0. The molecule has 0 bridgehead atoms. The maximum absolute atomic E-state index is 12.3. The zero-order valence-corrected chi connectivity index (χ0v) is 12.2. The first-order valence-electron chi connectivity index (χ1n) is 6.83. The Bertz CT molecular complexity index is 650. The van der Waals surface area contributed by atoms with Gasteiger partial charge >= 0.3 is 0 Å². The SMILES string of the molecule is CN1CN([C@@H]2O[C@H](CO)[C@@H](O)[C@H]2O)c2nc(N)n(C)c(=O)c21. The van der Waals surface area contributed by atoms with Gasteiger partial charge in [-0.05, 0) is 0 Å². The molecule has 1 aromatic rings. The van der Waals surface area contributed by atoms with Gasteiger partial charge < -0.3 is 35.6 Å². The fraction of sp³-hybridized carbons (Fsp3) is 0.667. The number of aliphatic hydroxyl groups excluding tert-OH is 3. The molecule has 22 heavy (non-hydrogen) atoms. The molecule has 2 aliphatic rings. The largest absolute Gasteiger partial charge is 0.394 e. The van der Waals surface area contributed by atoms with Crippen LogP contribution in [0.25, 0.3) is 0 Å². The van der Waals surface area contributed by atoms with Crippen molar-refractivity contribution in [2.45, 2.75) is 24.5 Å². The maximum Gasteiger partial charge on any atom is 0.280 e. The summed E-state index contributed by atoms with van der Waals surface area (Å²) < 4.78 is 6.73. The van der Waals surface area contributed by atoms with E-state index < -0.39 is 31.1 Å². The van der Waals surface area contributed by atoms with Crippen LogP contribution < -0.4 is 21.1 Å². The van der Waals surface area contributed by atoms with E-state index in [-0.39, 0.29) is 24.0 Å². The monoisotopic (exact) mass is 313 g/mol. The molecule has 0 unspecified atom stereocenters. The Hall–Kier alpha value is -1.88. The van der Waals surface area contributed by atoms with Gasteiger partial charge in [-0.1, -0.05) is 0 Å². The summed E-state index contributed by atoms with van der Waals surface area (Å²) >= 11 is 0. The summed E-state index contributed by atoms with van der Waals surface area (Å²) in [5.41, 5.74) is 5.77. The Labute approximate surface area is 126 Å². The molecule has 0 aromatic carbocycles. The van der Waals surface area contributed by atoms with Crippen LogP contribution in [-0.2, 0) is 11.8 Å². The van der Waals surface area contributed by atoms with Crippen molar-refractivity contribution in [1.82, 2.24) is 9.55 Å². The van der Waals surface area contributed by atoms with E-state index >= 15 is 0 Å². The van der Waals surface area contributed by atoms with Crippen molar-refractivity contribution < 1.29 is 20.1 Å². The molecule has 0 amide bonds. The van der Waals surface area contributed by atoms with Crippen molar-refractivity contribution in [2.24, 2.45) is 7.05 Å². The van der Waals surface area contributed by atoms with Gasteiger partial charge in [0.05, 0.1) is 13.3 Å². The second kappa shape index (κ2) is 5.09. The van der Waals surface area contributed by atoms with Gasteiger partial charge in [-0.2, -0.15) is 4.98 Å². The Morgan fingerprint density at radius 3 is 2.64 bits per heavy atom. The Balaban J connectivity index is 2.02. The number of ether oxygens (including phenoxy) is 1. The summed E-state index contributed by atoms with van der Waals surface area (Å²) in [5.74, 6) is 0.328. The third kappa shape index (κ3) is 1.96. The van der Waals surface area contributed by atoms with Crippen LogP contribution in [0.5, 0.6) is 0 Å². The van der Waals surface area contributed by atoms with Gasteiger partial charge in [-0.25, -0.2) is 0 Å². The van der Waals surface area contributed by atoms with Crippen molar-refractivity contribution >= 4 is 17.5 Å². The van der Waals surface area contributed by atoms with E-state index in [9.17, 15) is 20.1 Å². The molecule has 0 aliphatic carbocycles. The van der Waals surface area contributed by atoms with E-state index in [0.717, 1.165) is 0 Å². The van der Waals surface area contributed by atoms with Gasteiger partial charge in [0.1, 0.15) is 24.0 Å². The Morgan fingerprint density at radius 1 is 1.36 bits per heavy atom. The summed E-state index contributed by atoms with van der Waals surface area (Å²) in [5, 5.41) is 29.2. The highest BCUT2D eigenvalue weighted by molar-refractivity contribution is 5.72. The maximum atomic E-state index is 12.3. The number of aromatic nitrogens is 2. The molecule has 1 saturated heterocycles. The molecular formula is C12H19N5O5. The molecule has 0 spiro atoms. The minimum absolute atomic E-state index is 0.0378. The minimum Gasteiger partial charge on any atom is -0.394 e. The fourth-order valence-corrected chi connectivity index (χ4v) is 2.83. The highest BCUT2D eigenvalue weighted by Crippen LogP contribution is 2.36. The van der Waals surface area contributed by atoms with Crippen molar-refractivity contribution in [3.63, 3.8) is 0 Å². The predicted molar refractivity (Wildman–Crippen MR) is 77.4 cm³/mol. The number of rotatable bonds is 2. The zero-order valence-electron chi connectivity index (χ0n) is 12.2. The highest BCUT2D eigenvalue weighted by atomic mass is 16.6. The predicted octanol–water partition coefficient (Wildman–Crippen LogP) is -2.98. The normalized spacial score (nSPS) is 31.0. The van der Waals surface area contributed by atoms with Crippen molar-refractivity contribution in [3.05, 3.63) is 10.4 Å². The van der Waals surface area contributed by atoms with Crippen LogP contribution >= 0.6 is 0 Å². The topological polar surface area (TPSA) is 137 Å². The Morgan fingerprint density at radius 2 is 2.05 bits per heavy atom. The van der Waals surface area contributed by atoms with E-state index in [1.54, 1.807) is 16.8 Å². The third-order valence-corrected chi connectivity index (χ3v) is 4.13. The molecule has 0 saturated carbocycles. The van der Waals surface area contributed by atoms with Crippen LogP contribution in [0.1, 0.15) is 0 Å². The van der Waals surface area contributed by atoms with Gasteiger partial charge in [-0.15, -0.1) is 0 Å². The number of anilines is 3. The molecule has 4 atom stereocenters. The van der Waals surface area contributed by atoms with Crippen LogP contribution in [0, 0.1) is 0 Å². The number of nitrogen functional groups attached to an aromatic ring is 1. The molecule has 3 rings (SSSR count). The summed E-state index contributed by atoms with van der Waals surface area (Å²) in [6, 6.07) is 0. The molecule has 10 nitrogen and oxygen atoms in total. The molecule has 3 heterocycles. The van der Waals surface area contributed by atoms with Gasteiger partial charge in [0, 0.05) is 14.1 Å². The van der Waals surface area contributed by atoms with Gasteiger partial charge in [0.25, 0.3) is 5.56 Å². The lowest BCUT2D eigenvalue weighted by molar-refractivity contribution is -0.0221. The van der Waals surface area contributed by atoms with Crippen LogP contribution in [0.15, 0.2) is 4.79 Å². The lowest BCUT2D eigenvalue weighted by atomic mass is 10.1. The molecule has 2 aliphatic heterocycles. The molecular weight excluding hydrogens is 294 g/mol. The van der Waals surface area contributed by atoms with Crippen LogP contribution in [0.3, 0.4) is 0 Å². The summed E-state index contributed by atoms with van der Waals surface area (Å²) in [6.07, 6.45) is -4.26. The number of hydrogen-bond acceptors (Lipinski definition) is 9. The smallest absolute Gasteiger partial charge is 0.280 e. The number of nitrogens with zero attached hydrogens (tertiary/aromatic N) is 4. The first-order chi connectivity index (χ1) is 10.4. The van der Waals surface area contributed by atoms with E-state index in [2.05, 4.69) is 4.98 Å². The van der Waals surface area contributed by atoms with E-state index in [0.29, 0.717) is 5.69 Å². The fourth-order valence-electron chi connectivity index (χ4n) is 2.83. The van der Waals surface area contributed by atoms with Crippen molar-refractivity contribution in [3.8, 4) is 0 Å². The second-order valence-corrected chi connectivity index (χ2v) is 5.54. The van der Waals surface area contributed by atoms with Gasteiger partial charge in [0.15, 0.2) is 12.0 Å². The standard InChI is InChI=1S/C12H19N5O5/c1-15-4-17(11-8(20)7(19)5(3-18)22-11)9-6(15)10(21)16(2)12(13)14-9/h5,7-8,11,18-20H,3-4H2,1-2H3,(H2,13,14)/t5-,7-,8-,11-/m1/s1. The summed E-state index contributed by atoms with van der Waals surface area (Å²) in [4.78, 5) is 19.7. The van der Waals surface area contributed by atoms with E-state index in [1.165, 1.54) is 11.6 Å². The average molecular weight is 313 g/mol. The van der Waals surface area contributed by atoms with Crippen LogP contribution in [-0.4, -0.2) is 69.7 Å². The zero-order chi connectivity index (χ0) is 16.2. The molecule has 1 aromatic heterocycles. The molecule has 5 N–H and O–H groups in total. The third-order valence-electron chi connectivity index (χ3n) is 4.13. The minimum atomic E-state index is -1.23. The Kier molecular flexibility index (Phi) is 3.48. The van der Waals surface area contributed by atoms with Crippen molar-refractivity contribution in [2.75, 3.05) is 35.9 Å². The lowest BCUT2D eigenvalue weighted by Crippen LogP contribution is -2.45. The van der Waals surface area contributed by atoms with Crippen LogP contribution in [0.2, 0.25) is 0 Å². The second-order valence-electron chi connectivity index (χ2n) is 5.54. The quantitative estimate of drug-likeness (QED) is 0.450.